The molecule has 2 N–H and O–H groups in total. The van der Waals surface area contributed by atoms with Gasteiger partial charge in [0, 0.05) is 0 Å². The molecule has 0 saturated carbocycles. The Morgan fingerprint density at radius 3 is 2.73 bits per heavy atom. The van der Waals surface area contributed by atoms with Crippen molar-refractivity contribution in [1.82, 2.24) is 0 Å². The first-order chi connectivity index (χ1) is 7.04. The first kappa shape index (κ1) is 11.8. The second-order valence-corrected chi connectivity index (χ2v) is 3.50. The molecule has 1 aromatic heterocycles. The van der Waals surface area contributed by atoms with Crippen molar-refractivity contribution < 1.29 is 13.9 Å². The smallest absolute Gasteiger partial charge is 0.307 e. The molecule has 1 aromatic rings. The normalized spacial score (nSPS) is 12.5. The highest BCUT2D eigenvalue weighted by Crippen LogP contribution is 2.20. The molecule has 1 heterocycles. The first-order valence-electron chi connectivity index (χ1n) is 5.02. The molecule has 1 unspecified atom stereocenters. The van der Waals surface area contributed by atoms with E-state index in [0.717, 1.165) is 11.3 Å². The Balaban J connectivity index is 2.60. The molecule has 0 aliphatic carbocycles. The molecule has 0 radical (unpaired) electrons. The molecule has 0 spiro atoms. The van der Waals surface area contributed by atoms with Gasteiger partial charge >= 0.3 is 5.97 Å². The molecule has 1 atom stereocenters. The Bertz CT molecular complexity index is 324. The summed E-state index contributed by atoms with van der Waals surface area (Å²) in [6.45, 7) is 5.96. The van der Waals surface area contributed by atoms with Crippen LogP contribution in [0.1, 0.15) is 36.5 Å². The third-order valence-electron chi connectivity index (χ3n) is 2.24. The van der Waals surface area contributed by atoms with Gasteiger partial charge in [-0.05, 0) is 32.4 Å². The Morgan fingerprint density at radius 2 is 2.27 bits per heavy atom. The highest BCUT2D eigenvalue weighted by Gasteiger charge is 2.16. The number of furan rings is 1. The van der Waals surface area contributed by atoms with Gasteiger partial charge < -0.3 is 14.9 Å². The lowest BCUT2D eigenvalue weighted by atomic mass is 10.1. The largest absolute Gasteiger partial charge is 0.466 e. The molecule has 0 bridgehead atoms. The molecule has 0 aliphatic rings. The van der Waals surface area contributed by atoms with Crippen molar-refractivity contribution in [3.05, 3.63) is 23.2 Å². The summed E-state index contributed by atoms with van der Waals surface area (Å²) in [6, 6.07) is 1.44. The van der Waals surface area contributed by atoms with E-state index in [1.807, 2.05) is 19.9 Å². The van der Waals surface area contributed by atoms with E-state index in [0.29, 0.717) is 12.4 Å². The van der Waals surface area contributed by atoms with Gasteiger partial charge in [-0.15, -0.1) is 0 Å². The van der Waals surface area contributed by atoms with Crippen molar-refractivity contribution in [2.45, 2.75) is 33.2 Å². The number of esters is 1. The van der Waals surface area contributed by atoms with Crippen molar-refractivity contribution in [2.24, 2.45) is 5.73 Å². The summed E-state index contributed by atoms with van der Waals surface area (Å²) < 4.78 is 10.2. The summed E-state index contributed by atoms with van der Waals surface area (Å²) in [5.41, 5.74) is 6.86. The van der Waals surface area contributed by atoms with Gasteiger partial charge in [0.25, 0.3) is 0 Å². The summed E-state index contributed by atoms with van der Waals surface area (Å²) in [5, 5.41) is 0. The van der Waals surface area contributed by atoms with E-state index in [1.165, 1.54) is 0 Å². The number of ether oxygens (including phenoxy) is 1. The first-order valence-corrected chi connectivity index (χ1v) is 5.02. The maximum Gasteiger partial charge on any atom is 0.307 e. The summed E-state index contributed by atoms with van der Waals surface area (Å²) in [7, 11) is 0. The number of carbonyl (C=O) groups is 1. The maximum absolute atomic E-state index is 11.2. The van der Waals surface area contributed by atoms with Gasteiger partial charge in [0.15, 0.2) is 0 Å². The Labute approximate surface area is 89.4 Å². The van der Waals surface area contributed by atoms with E-state index in [-0.39, 0.29) is 12.4 Å². The average Bonchev–Trinajstić information content (AvgIpc) is 2.47. The van der Waals surface area contributed by atoms with Crippen LogP contribution in [0.5, 0.6) is 0 Å². The molecule has 84 valence electrons. The van der Waals surface area contributed by atoms with Crippen LogP contribution in [-0.2, 0) is 9.53 Å². The van der Waals surface area contributed by atoms with E-state index < -0.39 is 6.04 Å². The monoisotopic (exact) mass is 211 g/mol. The van der Waals surface area contributed by atoms with Crippen molar-refractivity contribution in [2.75, 3.05) is 6.61 Å². The lowest BCUT2D eigenvalue weighted by Crippen LogP contribution is -2.16. The van der Waals surface area contributed by atoms with Gasteiger partial charge in [-0.25, -0.2) is 0 Å². The summed E-state index contributed by atoms with van der Waals surface area (Å²) in [5.74, 6) is 1.18. The van der Waals surface area contributed by atoms with Crippen LogP contribution < -0.4 is 5.73 Å². The second kappa shape index (κ2) is 4.98. The number of hydrogen-bond acceptors (Lipinski definition) is 4. The van der Waals surface area contributed by atoms with Crippen LogP contribution in [-0.4, -0.2) is 12.6 Å². The number of aryl methyl sites for hydroxylation is 2. The van der Waals surface area contributed by atoms with Crippen LogP contribution in [0.25, 0.3) is 0 Å². The van der Waals surface area contributed by atoms with Gasteiger partial charge in [0.1, 0.15) is 11.5 Å². The maximum atomic E-state index is 11.2. The zero-order chi connectivity index (χ0) is 11.4. The van der Waals surface area contributed by atoms with Crippen LogP contribution in [0.15, 0.2) is 10.5 Å². The molecular weight excluding hydrogens is 194 g/mol. The third kappa shape index (κ3) is 3.09. The van der Waals surface area contributed by atoms with Crippen molar-refractivity contribution in [3.63, 3.8) is 0 Å². The number of carbonyl (C=O) groups excluding carboxylic acids is 1. The van der Waals surface area contributed by atoms with Crippen LogP contribution in [0.2, 0.25) is 0 Å². The standard InChI is InChI=1S/C11H17NO3/c1-4-14-11(13)6-9(12)10-5-7(2)8(3)15-10/h5,9H,4,6,12H2,1-3H3. The fourth-order valence-electron chi connectivity index (χ4n) is 1.28. The van der Waals surface area contributed by atoms with Gasteiger partial charge in [0.05, 0.1) is 19.1 Å². The van der Waals surface area contributed by atoms with Gasteiger partial charge in [0.2, 0.25) is 0 Å². The van der Waals surface area contributed by atoms with E-state index in [1.54, 1.807) is 6.92 Å². The van der Waals surface area contributed by atoms with E-state index >= 15 is 0 Å². The number of nitrogens with two attached hydrogens (primary N) is 1. The molecule has 0 amide bonds. The molecule has 4 nitrogen and oxygen atoms in total. The summed E-state index contributed by atoms with van der Waals surface area (Å²) in [6.07, 6.45) is 0.153. The Kier molecular flexibility index (Phi) is 3.91. The number of hydrogen-bond donors (Lipinski definition) is 1. The van der Waals surface area contributed by atoms with E-state index in [9.17, 15) is 4.79 Å². The minimum atomic E-state index is -0.420. The van der Waals surface area contributed by atoms with Crippen molar-refractivity contribution >= 4 is 5.97 Å². The molecule has 1 rings (SSSR count). The van der Waals surface area contributed by atoms with Gasteiger partial charge in [-0.1, -0.05) is 0 Å². The van der Waals surface area contributed by atoms with Gasteiger partial charge in [-0.2, -0.15) is 0 Å². The lowest BCUT2D eigenvalue weighted by molar-refractivity contribution is -0.143. The quantitative estimate of drug-likeness (QED) is 0.772. The number of rotatable bonds is 4. The minimum absolute atomic E-state index is 0.153. The topological polar surface area (TPSA) is 65.5 Å². The lowest BCUT2D eigenvalue weighted by Gasteiger charge is -2.07. The summed E-state index contributed by atoms with van der Waals surface area (Å²) in [4.78, 5) is 11.2. The van der Waals surface area contributed by atoms with E-state index in [2.05, 4.69) is 0 Å². The fraction of sp³-hybridized carbons (Fsp3) is 0.545. The highest BCUT2D eigenvalue weighted by molar-refractivity contribution is 5.70. The SMILES string of the molecule is CCOC(=O)CC(N)c1cc(C)c(C)o1. The molecule has 0 aliphatic heterocycles. The molecular formula is C11H17NO3. The average molecular weight is 211 g/mol. The molecule has 4 heteroatoms. The minimum Gasteiger partial charge on any atom is -0.466 e. The molecule has 0 fully saturated rings. The fourth-order valence-corrected chi connectivity index (χ4v) is 1.28. The third-order valence-corrected chi connectivity index (χ3v) is 2.24. The predicted molar refractivity (Wildman–Crippen MR) is 56.4 cm³/mol. The van der Waals surface area contributed by atoms with Crippen LogP contribution in [0, 0.1) is 13.8 Å². The highest BCUT2D eigenvalue weighted by atomic mass is 16.5. The van der Waals surface area contributed by atoms with Crippen LogP contribution in [0.3, 0.4) is 0 Å². The van der Waals surface area contributed by atoms with Crippen LogP contribution in [0.4, 0.5) is 0 Å². The van der Waals surface area contributed by atoms with E-state index in [4.69, 9.17) is 14.9 Å². The Hall–Kier alpha value is -1.29. The zero-order valence-corrected chi connectivity index (χ0v) is 9.37. The zero-order valence-electron chi connectivity index (χ0n) is 9.37. The molecule has 0 saturated heterocycles. The van der Waals surface area contributed by atoms with Crippen LogP contribution >= 0.6 is 0 Å². The molecule has 15 heavy (non-hydrogen) atoms. The Morgan fingerprint density at radius 1 is 1.60 bits per heavy atom. The molecule has 0 aromatic carbocycles. The van der Waals surface area contributed by atoms with Crippen molar-refractivity contribution in [1.29, 1.82) is 0 Å². The summed E-state index contributed by atoms with van der Waals surface area (Å²) >= 11 is 0. The predicted octanol–water partition coefficient (Wildman–Crippen LogP) is 1.85. The van der Waals surface area contributed by atoms with Gasteiger partial charge in [-0.3, -0.25) is 4.79 Å². The van der Waals surface area contributed by atoms with Crippen molar-refractivity contribution in [3.8, 4) is 0 Å². The second-order valence-electron chi connectivity index (χ2n) is 3.50.